The van der Waals surface area contributed by atoms with Crippen molar-refractivity contribution in [2.75, 3.05) is 20.1 Å². The van der Waals surface area contributed by atoms with E-state index in [1.54, 1.807) is 7.05 Å². The minimum atomic E-state index is -0.463. The zero-order valence-electron chi connectivity index (χ0n) is 14.4. The third kappa shape index (κ3) is 9.32. The van der Waals surface area contributed by atoms with Crippen LogP contribution in [0.4, 0.5) is 4.79 Å². The van der Waals surface area contributed by atoms with E-state index >= 15 is 0 Å². The van der Waals surface area contributed by atoms with Gasteiger partial charge in [0.1, 0.15) is 5.60 Å². The van der Waals surface area contributed by atoms with Gasteiger partial charge in [0.15, 0.2) is 5.96 Å². The minimum absolute atomic E-state index is 0. The maximum atomic E-state index is 11.5. The number of aliphatic imine (C=N–C) groups is 1. The molecule has 1 rings (SSSR count). The molecule has 0 aromatic heterocycles. The van der Waals surface area contributed by atoms with Crippen molar-refractivity contribution < 1.29 is 9.53 Å². The van der Waals surface area contributed by atoms with Crippen LogP contribution in [0, 0.1) is 5.92 Å². The minimum Gasteiger partial charge on any atom is -0.444 e. The van der Waals surface area contributed by atoms with Gasteiger partial charge in [0.25, 0.3) is 0 Å². The number of carbonyl (C=O) groups is 1. The van der Waals surface area contributed by atoms with Crippen LogP contribution < -0.4 is 16.0 Å². The van der Waals surface area contributed by atoms with Crippen molar-refractivity contribution in [2.45, 2.75) is 58.6 Å². The van der Waals surface area contributed by atoms with Gasteiger partial charge >= 0.3 is 6.09 Å². The summed E-state index contributed by atoms with van der Waals surface area (Å²) >= 11 is 0. The zero-order valence-corrected chi connectivity index (χ0v) is 16.7. The van der Waals surface area contributed by atoms with Gasteiger partial charge in [0, 0.05) is 26.2 Å². The van der Waals surface area contributed by atoms with Gasteiger partial charge in [-0.15, -0.1) is 24.0 Å². The summed E-state index contributed by atoms with van der Waals surface area (Å²) in [5.41, 5.74) is -0.463. The first-order valence-electron chi connectivity index (χ1n) is 7.79. The molecule has 0 aromatic rings. The molecule has 1 aliphatic rings. The Balaban J connectivity index is 0.00000441. The van der Waals surface area contributed by atoms with Crippen LogP contribution in [-0.2, 0) is 4.74 Å². The van der Waals surface area contributed by atoms with Gasteiger partial charge < -0.3 is 20.7 Å². The molecule has 2 atom stereocenters. The van der Waals surface area contributed by atoms with E-state index in [1.165, 1.54) is 19.3 Å². The number of nitrogens with zero attached hydrogens (tertiary/aromatic N) is 1. The highest BCUT2D eigenvalue weighted by Gasteiger charge is 2.36. The smallest absolute Gasteiger partial charge is 0.407 e. The van der Waals surface area contributed by atoms with Crippen molar-refractivity contribution in [1.29, 1.82) is 0 Å². The SMILES string of the molecule is CCCC1CC1NC(=NC)NCCNC(=O)OC(C)(C)C.I. The number of amides is 1. The Morgan fingerprint density at radius 1 is 1.27 bits per heavy atom. The Bertz CT molecular complexity index is 369. The molecule has 0 saturated heterocycles. The molecule has 0 spiro atoms. The van der Waals surface area contributed by atoms with Crippen LogP contribution in [0.3, 0.4) is 0 Å². The number of carbonyl (C=O) groups excluding carboxylic acids is 1. The summed E-state index contributed by atoms with van der Waals surface area (Å²) in [6, 6.07) is 0.551. The first-order valence-corrected chi connectivity index (χ1v) is 7.79. The molecule has 0 aromatic carbocycles. The summed E-state index contributed by atoms with van der Waals surface area (Å²) < 4.78 is 5.16. The predicted octanol–water partition coefficient (Wildman–Crippen LogP) is 2.48. The molecule has 3 N–H and O–H groups in total. The zero-order chi connectivity index (χ0) is 15.9. The van der Waals surface area contributed by atoms with E-state index in [0.29, 0.717) is 19.1 Å². The molecule has 1 fully saturated rings. The molecule has 22 heavy (non-hydrogen) atoms. The highest BCUT2D eigenvalue weighted by molar-refractivity contribution is 14.0. The summed E-state index contributed by atoms with van der Waals surface area (Å²) in [6.45, 7) is 8.87. The Hall–Kier alpha value is -0.730. The monoisotopic (exact) mass is 426 g/mol. The Labute approximate surface area is 151 Å². The highest BCUT2D eigenvalue weighted by atomic mass is 127. The molecule has 6 nitrogen and oxygen atoms in total. The van der Waals surface area contributed by atoms with Crippen molar-refractivity contribution in [3.8, 4) is 0 Å². The number of guanidine groups is 1. The number of hydrogen-bond acceptors (Lipinski definition) is 3. The van der Waals surface area contributed by atoms with Gasteiger partial charge in [-0.3, -0.25) is 4.99 Å². The van der Waals surface area contributed by atoms with Crippen LogP contribution in [0.5, 0.6) is 0 Å². The summed E-state index contributed by atoms with van der Waals surface area (Å²) in [7, 11) is 1.76. The van der Waals surface area contributed by atoms with Crippen LogP contribution in [0.2, 0.25) is 0 Å². The molecule has 0 aliphatic heterocycles. The standard InChI is InChI=1S/C15H30N4O2.HI/c1-6-7-11-10-12(11)19-13(16-5)17-8-9-18-14(20)21-15(2,3)4;/h11-12H,6-10H2,1-5H3,(H,18,20)(H2,16,17,19);1H. The van der Waals surface area contributed by atoms with E-state index in [9.17, 15) is 4.79 Å². The molecule has 130 valence electrons. The lowest BCUT2D eigenvalue weighted by molar-refractivity contribution is 0.0529. The lowest BCUT2D eigenvalue weighted by Crippen LogP contribution is -2.43. The van der Waals surface area contributed by atoms with Gasteiger partial charge in [-0.1, -0.05) is 13.3 Å². The number of ether oxygens (including phenoxy) is 1. The second-order valence-corrected chi connectivity index (χ2v) is 6.46. The maximum Gasteiger partial charge on any atom is 0.407 e. The largest absolute Gasteiger partial charge is 0.444 e. The van der Waals surface area contributed by atoms with E-state index in [1.807, 2.05) is 20.8 Å². The number of halogens is 1. The van der Waals surface area contributed by atoms with Crippen LogP contribution in [-0.4, -0.2) is 43.8 Å². The second-order valence-electron chi connectivity index (χ2n) is 6.46. The van der Waals surface area contributed by atoms with Crippen molar-refractivity contribution in [2.24, 2.45) is 10.9 Å². The summed E-state index contributed by atoms with van der Waals surface area (Å²) in [4.78, 5) is 15.7. The van der Waals surface area contributed by atoms with Crippen LogP contribution in [0.1, 0.15) is 47.0 Å². The Kier molecular flexibility index (Phi) is 9.79. The molecule has 7 heteroatoms. The average molecular weight is 426 g/mol. The first-order chi connectivity index (χ1) is 9.85. The van der Waals surface area contributed by atoms with E-state index in [0.717, 1.165) is 11.9 Å². The predicted molar refractivity (Wildman–Crippen MR) is 101 cm³/mol. The lowest BCUT2D eigenvalue weighted by Gasteiger charge is -2.20. The molecular formula is C15H31IN4O2. The normalized spacial score (nSPS) is 20.7. The fraction of sp³-hybridized carbons (Fsp3) is 0.867. The van der Waals surface area contributed by atoms with Gasteiger partial charge in [0.2, 0.25) is 0 Å². The second kappa shape index (κ2) is 10.1. The van der Waals surface area contributed by atoms with E-state index < -0.39 is 11.7 Å². The summed E-state index contributed by atoms with van der Waals surface area (Å²) in [5, 5.41) is 9.30. The third-order valence-electron chi connectivity index (χ3n) is 3.21. The van der Waals surface area contributed by atoms with E-state index in [4.69, 9.17) is 4.74 Å². The van der Waals surface area contributed by atoms with Crippen LogP contribution in [0.25, 0.3) is 0 Å². The molecule has 1 saturated carbocycles. The van der Waals surface area contributed by atoms with Gasteiger partial charge in [0.05, 0.1) is 0 Å². The first kappa shape index (κ1) is 21.3. The molecule has 1 amide bonds. The Morgan fingerprint density at radius 3 is 2.45 bits per heavy atom. The molecule has 1 aliphatic carbocycles. The lowest BCUT2D eigenvalue weighted by atomic mass is 10.2. The molecule has 0 radical (unpaired) electrons. The molecule has 0 heterocycles. The van der Waals surface area contributed by atoms with Crippen LogP contribution >= 0.6 is 24.0 Å². The highest BCUT2D eigenvalue weighted by Crippen LogP contribution is 2.34. The average Bonchev–Trinajstić information content (AvgIpc) is 3.09. The number of rotatable bonds is 6. The van der Waals surface area contributed by atoms with Crippen molar-refractivity contribution in [3.05, 3.63) is 0 Å². The van der Waals surface area contributed by atoms with Gasteiger partial charge in [-0.2, -0.15) is 0 Å². The summed E-state index contributed by atoms with van der Waals surface area (Å²) in [5.74, 6) is 1.58. The maximum absolute atomic E-state index is 11.5. The van der Waals surface area contributed by atoms with Crippen molar-refractivity contribution in [1.82, 2.24) is 16.0 Å². The molecular weight excluding hydrogens is 395 g/mol. The van der Waals surface area contributed by atoms with Crippen molar-refractivity contribution >= 4 is 36.0 Å². The fourth-order valence-corrected chi connectivity index (χ4v) is 2.14. The number of nitrogens with one attached hydrogen (secondary N) is 3. The van der Waals surface area contributed by atoms with E-state index in [2.05, 4.69) is 27.9 Å². The number of alkyl carbamates (subject to hydrolysis) is 1. The van der Waals surface area contributed by atoms with Gasteiger partial charge in [-0.25, -0.2) is 4.79 Å². The van der Waals surface area contributed by atoms with E-state index in [-0.39, 0.29) is 24.0 Å². The quantitative estimate of drug-likeness (QED) is 0.264. The van der Waals surface area contributed by atoms with Gasteiger partial charge in [-0.05, 0) is 39.5 Å². The number of hydrogen-bond donors (Lipinski definition) is 3. The fourth-order valence-electron chi connectivity index (χ4n) is 2.14. The topological polar surface area (TPSA) is 74.8 Å². The molecule has 0 bridgehead atoms. The van der Waals surface area contributed by atoms with Crippen LogP contribution in [0.15, 0.2) is 4.99 Å². The third-order valence-corrected chi connectivity index (χ3v) is 3.21. The Morgan fingerprint density at radius 2 is 1.91 bits per heavy atom. The summed E-state index contributed by atoms with van der Waals surface area (Å²) in [6.07, 6.45) is 3.34. The molecule has 2 unspecified atom stereocenters. The van der Waals surface area contributed by atoms with Crippen molar-refractivity contribution in [3.63, 3.8) is 0 Å².